The highest BCUT2D eigenvalue weighted by molar-refractivity contribution is 6.00. The van der Waals surface area contributed by atoms with Gasteiger partial charge in [-0.3, -0.25) is 0 Å². The molecule has 0 atom stereocenters. The predicted octanol–water partition coefficient (Wildman–Crippen LogP) is 0.0326. The number of aliphatic imine (C=N–C) groups is 1. The van der Waals surface area contributed by atoms with E-state index in [9.17, 15) is 0 Å². The van der Waals surface area contributed by atoms with Crippen LogP contribution < -0.4 is 11.5 Å². The third-order valence-corrected chi connectivity index (χ3v) is 2.16. The monoisotopic (exact) mass is 257 g/mol. The molecule has 0 fully saturated rings. The summed E-state index contributed by atoms with van der Waals surface area (Å²) < 4.78 is 4.45. The van der Waals surface area contributed by atoms with Crippen LogP contribution in [0, 0.1) is 11.8 Å². The van der Waals surface area contributed by atoms with Crippen LogP contribution in [-0.4, -0.2) is 27.9 Å². The van der Waals surface area contributed by atoms with Crippen molar-refractivity contribution >= 4 is 17.3 Å². The van der Waals surface area contributed by atoms with Crippen LogP contribution in [0.1, 0.15) is 11.3 Å². The second kappa shape index (κ2) is 5.66. The number of aliphatic hydroxyl groups excluding tert-OH is 1. The molecule has 0 aliphatic carbocycles. The van der Waals surface area contributed by atoms with Crippen molar-refractivity contribution in [2.75, 3.05) is 12.3 Å². The smallest absolute Gasteiger partial charge is 0.199 e. The SMILES string of the molecule is NC(=Nc1cccc(C#CCO)c1)c1nonc1N. The third kappa shape index (κ3) is 3.08. The van der Waals surface area contributed by atoms with E-state index in [1.165, 1.54) is 0 Å². The van der Waals surface area contributed by atoms with Gasteiger partial charge in [0.15, 0.2) is 17.3 Å². The molecule has 5 N–H and O–H groups in total. The molecule has 1 aromatic heterocycles. The zero-order valence-corrected chi connectivity index (χ0v) is 9.87. The summed E-state index contributed by atoms with van der Waals surface area (Å²) in [4.78, 5) is 4.15. The summed E-state index contributed by atoms with van der Waals surface area (Å²) in [5.41, 5.74) is 12.8. The Morgan fingerprint density at radius 2 is 2.26 bits per heavy atom. The Morgan fingerprint density at radius 3 is 2.95 bits per heavy atom. The summed E-state index contributed by atoms with van der Waals surface area (Å²) >= 11 is 0. The molecule has 0 aliphatic heterocycles. The molecule has 0 spiro atoms. The lowest BCUT2D eigenvalue weighted by atomic mass is 10.2. The Balaban J connectivity index is 2.30. The molecular weight excluding hydrogens is 246 g/mol. The molecule has 2 aromatic rings. The van der Waals surface area contributed by atoms with Gasteiger partial charge < -0.3 is 16.6 Å². The molecule has 96 valence electrons. The minimum absolute atomic E-state index is 0.0810. The van der Waals surface area contributed by atoms with Gasteiger partial charge in [-0.05, 0) is 28.5 Å². The van der Waals surface area contributed by atoms with E-state index in [-0.39, 0.29) is 24.0 Å². The van der Waals surface area contributed by atoms with Crippen molar-refractivity contribution in [3.05, 3.63) is 35.5 Å². The Labute approximate surface area is 108 Å². The van der Waals surface area contributed by atoms with Gasteiger partial charge in [-0.25, -0.2) is 9.62 Å². The summed E-state index contributed by atoms with van der Waals surface area (Å²) in [7, 11) is 0. The van der Waals surface area contributed by atoms with Crippen molar-refractivity contribution < 1.29 is 9.74 Å². The van der Waals surface area contributed by atoms with E-state index in [0.717, 1.165) is 0 Å². The van der Waals surface area contributed by atoms with Crippen LogP contribution in [0.2, 0.25) is 0 Å². The molecule has 2 rings (SSSR count). The normalized spacial score (nSPS) is 10.9. The van der Waals surface area contributed by atoms with E-state index >= 15 is 0 Å². The molecule has 1 aromatic carbocycles. The van der Waals surface area contributed by atoms with Crippen LogP contribution in [0.3, 0.4) is 0 Å². The molecule has 7 heteroatoms. The van der Waals surface area contributed by atoms with Crippen LogP contribution in [0.5, 0.6) is 0 Å². The van der Waals surface area contributed by atoms with Gasteiger partial charge in [0.05, 0.1) is 5.69 Å². The lowest BCUT2D eigenvalue weighted by Crippen LogP contribution is -2.15. The van der Waals surface area contributed by atoms with E-state index < -0.39 is 0 Å². The maximum Gasteiger partial charge on any atom is 0.199 e. The third-order valence-electron chi connectivity index (χ3n) is 2.16. The zero-order valence-electron chi connectivity index (χ0n) is 9.87. The summed E-state index contributed by atoms with van der Waals surface area (Å²) in [5, 5.41) is 15.6. The average molecular weight is 257 g/mol. The molecule has 0 aliphatic rings. The Kier molecular flexibility index (Phi) is 3.75. The molecule has 1 heterocycles. The van der Waals surface area contributed by atoms with E-state index in [0.29, 0.717) is 11.3 Å². The van der Waals surface area contributed by atoms with Gasteiger partial charge in [0.1, 0.15) is 6.61 Å². The Hall–Kier alpha value is -2.85. The lowest BCUT2D eigenvalue weighted by molar-refractivity contribution is 0.308. The number of nitrogen functional groups attached to an aromatic ring is 1. The van der Waals surface area contributed by atoms with Gasteiger partial charge in [0.2, 0.25) is 0 Å². The number of nitrogens with zero attached hydrogens (tertiary/aromatic N) is 3. The summed E-state index contributed by atoms with van der Waals surface area (Å²) in [6.07, 6.45) is 0. The highest BCUT2D eigenvalue weighted by Gasteiger charge is 2.10. The largest absolute Gasteiger partial charge is 0.384 e. The quantitative estimate of drug-likeness (QED) is 0.396. The van der Waals surface area contributed by atoms with E-state index in [4.69, 9.17) is 16.6 Å². The molecule has 19 heavy (non-hydrogen) atoms. The van der Waals surface area contributed by atoms with E-state index in [2.05, 4.69) is 31.8 Å². The number of rotatable bonds is 2. The number of benzene rings is 1. The Morgan fingerprint density at radius 1 is 1.42 bits per heavy atom. The second-order valence-electron chi connectivity index (χ2n) is 3.51. The minimum atomic E-state index is -0.198. The number of hydrogen-bond donors (Lipinski definition) is 3. The fraction of sp³-hybridized carbons (Fsp3) is 0.0833. The maximum atomic E-state index is 8.64. The van der Waals surface area contributed by atoms with Gasteiger partial charge in [-0.1, -0.05) is 17.9 Å². The number of aromatic nitrogens is 2. The van der Waals surface area contributed by atoms with Crippen LogP contribution in [0.4, 0.5) is 11.5 Å². The first kappa shape index (κ1) is 12.6. The number of hydrogen-bond acceptors (Lipinski definition) is 6. The first-order valence-electron chi connectivity index (χ1n) is 5.33. The molecule has 7 nitrogen and oxygen atoms in total. The molecule has 0 saturated carbocycles. The predicted molar refractivity (Wildman–Crippen MR) is 69.5 cm³/mol. The number of aliphatic hydroxyl groups is 1. The van der Waals surface area contributed by atoms with E-state index in [1.54, 1.807) is 24.3 Å². The summed E-state index contributed by atoms with van der Waals surface area (Å²) in [6.45, 7) is -0.198. The molecule has 0 bridgehead atoms. The zero-order chi connectivity index (χ0) is 13.7. The fourth-order valence-corrected chi connectivity index (χ4v) is 1.36. The molecule has 0 unspecified atom stereocenters. The van der Waals surface area contributed by atoms with Crippen LogP contribution >= 0.6 is 0 Å². The minimum Gasteiger partial charge on any atom is -0.384 e. The second-order valence-corrected chi connectivity index (χ2v) is 3.51. The van der Waals surface area contributed by atoms with Crippen molar-refractivity contribution in [2.45, 2.75) is 0 Å². The lowest BCUT2D eigenvalue weighted by Gasteiger charge is -1.98. The van der Waals surface area contributed by atoms with Gasteiger partial charge in [-0.15, -0.1) is 0 Å². The van der Waals surface area contributed by atoms with Crippen LogP contribution in [0.15, 0.2) is 33.9 Å². The van der Waals surface area contributed by atoms with Crippen molar-refractivity contribution in [2.24, 2.45) is 10.7 Å². The molecule has 0 radical (unpaired) electrons. The molecular formula is C12H11N5O2. The summed E-state index contributed by atoms with van der Waals surface area (Å²) in [5.74, 6) is 5.51. The first-order chi connectivity index (χ1) is 9.20. The summed E-state index contributed by atoms with van der Waals surface area (Å²) in [6, 6.07) is 7.04. The van der Waals surface area contributed by atoms with Crippen molar-refractivity contribution in [3.63, 3.8) is 0 Å². The van der Waals surface area contributed by atoms with E-state index in [1.807, 2.05) is 0 Å². The maximum absolute atomic E-state index is 8.64. The van der Waals surface area contributed by atoms with Gasteiger partial charge >= 0.3 is 0 Å². The first-order valence-corrected chi connectivity index (χ1v) is 5.33. The number of anilines is 1. The number of nitrogens with two attached hydrogens (primary N) is 2. The van der Waals surface area contributed by atoms with Crippen molar-refractivity contribution in [1.82, 2.24) is 10.3 Å². The average Bonchev–Trinajstić information content (AvgIpc) is 2.83. The molecule has 0 saturated heterocycles. The van der Waals surface area contributed by atoms with Gasteiger partial charge in [0, 0.05) is 5.56 Å². The van der Waals surface area contributed by atoms with Crippen LogP contribution in [0.25, 0.3) is 0 Å². The standard InChI is InChI=1S/C12H11N5O2/c13-11(10-12(14)17-19-16-10)15-9-5-1-3-8(7-9)4-2-6-18/h1,3,5,7,18H,6H2,(H2,13,15)(H2,14,17). The molecule has 0 amide bonds. The Bertz CT molecular complexity index is 666. The van der Waals surface area contributed by atoms with Gasteiger partial charge in [-0.2, -0.15) is 0 Å². The van der Waals surface area contributed by atoms with Gasteiger partial charge in [0.25, 0.3) is 0 Å². The van der Waals surface area contributed by atoms with Crippen molar-refractivity contribution in [3.8, 4) is 11.8 Å². The van der Waals surface area contributed by atoms with Crippen molar-refractivity contribution in [1.29, 1.82) is 0 Å². The highest BCUT2D eigenvalue weighted by atomic mass is 16.6. The van der Waals surface area contributed by atoms with Crippen LogP contribution in [-0.2, 0) is 0 Å². The fourth-order valence-electron chi connectivity index (χ4n) is 1.36. The number of amidine groups is 1. The highest BCUT2D eigenvalue weighted by Crippen LogP contribution is 2.15. The topological polar surface area (TPSA) is 124 Å².